The van der Waals surface area contributed by atoms with Crippen molar-refractivity contribution in [1.82, 2.24) is 0 Å². The molecule has 0 bridgehead atoms. The molecule has 1 saturated carbocycles. The van der Waals surface area contributed by atoms with Gasteiger partial charge in [-0.25, -0.2) is 0 Å². The zero-order valence-corrected chi connectivity index (χ0v) is 11.2. The summed E-state index contributed by atoms with van der Waals surface area (Å²) >= 11 is 6.13. The van der Waals surface area contributed by atoms with Gasteiger partial charge in [0.1, 0.15) is 0 Å². The first kappa shape index (κ1) is 12.0. The predicted molar refractivity (Wildman–Crippen MR) is 74.5 cm³/mol. The Balaban J connectivity index is 1.95. The number of fused-ring (bicyclic) bond motifs is 1. The van der Waals surface area contributed by atoms with Crippen LogP contribution in [-0.4, -0.2) is 18.9 Å². The summed E-state index contributed by atoms with van der Waals surface area (Å²) in [6, 6.07) is 6.40. The minimum atomic E-state index is 0.571. The van der Waals surface area contributed by atoms with E-state index in [0.29, 0.717) is 16.6 Å². The Morgan fingerprint density at radius 3 is 2.89 bits per heavy atom. The fourth-order valence-corrected chi connectivity index (χ4v) is 3.81. The van der Waals surface area contributed by atoms with Gasteiger partial charge < -0.3 is 4.90 Å². The maximum Gasteiger partial charge on any atom is 0.153 e. The van der Waals surface area contributed by atoms with Gasteiger partial charge in [0.25, 0.3) is 0 Å². The van der Waals surface area contributed by atoms with Crippen LogP contribution in [0.1, 0.15) is 42.5 Å². The molecule has 0 aromatic heterocycles. The summed E-state index contributed by atoms with van der Waals surface area (Å²) in [5.74, 6) is 0.817. The maximum absolute atomic E-state index is 11.3. The Morgan fingerprint density at radius 2 is 2.06 bits per heavy atom. The molecule has 0 spiro atoms. The Morgan fingerprint density at radius 1 is 1.22 bits per heavy atom. The molecule has 2 nitrogen and oxygen atoms in total. The van der Waals surface area contributed by atoms with Gasteiger partial charge in [0.15, 0.2) is 6.29 Å². The van der Waals surface area contributed by atoms with Gasteiger partial charge in [-0.3, -0.25) is 4.79 Å². The van der Waals surface area contributed by atoms with Crippen molar-refractivity contribution in [2.75, 3.05) is 11.4 Å². The summed E-state index contributed by atoms with van der Waals surface area (Å²) in [5, 5.41) is 0.571. The lowest BCUT2D eigenvalue weighted by molar-refractivity contribution is 0.112. The van der Waals surface area contributed by atoms with E-state index in [1.165, 1.54) is 32.1 Å². The summed E-state index contributed by atoms with van der Waals surface area (Å²) in [4.78, 5) is 13.7. The van der Waals surface area contributed by atoms with Crippen molar-refractivity contribution in [3.63, 3.8) is 0 Å². The van der Waals surface area contributed by atoms with Crippen LogP contribution in [0.2, 0.25) is 5.02 Å². The van der Waals surface area contributed by atoms with Crippen LogP contribution >= 0.6 is 11.6 Å². The Bertz CT molecular complexity index is 460. The molecule has 0 amide bonds. The van der Waals surface area contributed by atoms with E-state index in [1.807, 2.05) is 12.1 Å². The second-order valence-corrected chi connectivity index (χ2v) is 5.79. The molecule has 18 heavy (non-hydrogen) atoms. The SMILES string of the molecule is O=Cc1c(Cl)cccc1N1CCC2CCCCC21. The number of carbonyl (C=O) groups is 1. The molecular weight excluding hydrogens is 246 g/mol. The van der Waals surface area contributed by atoms with Crippen LogP contribution in [0.15, 0.2) is 18.2 Å². The molecule has 3 rings (SSSR count). The quantitative estimate of drug-likeness (QED) is 0.754. The van der Waals surface area contributed by atoms with Crippen LogP contribution in [0, 0.1) is 5.92 Å². The van der Waals surface area contributed by atoms with Crippen LogP contribution in [0.5, 0.6) is 0 Å². The molecule has 2 fully saturated rings. The number of benzene rings is 1. The third-order valence-corrected chi connectivity index (χ3v) is 4.80. The van der Waals surface area contributed by atoms with E-state index in [-0.39, 0.29) is 0 Å². The highest BCUT2D eigenvalue weighted by Crippen LogP contribution is 2.40. The molecule has 0 N–H and O–H groups in total. The second kappa shape index (κ2) is 4.93. The average Bonchev–Trinajstić information content (AvgIpc) is 2.82. The molecule has 1 aromatic rings. The number of hydrogen-bond acceptors (Lipinski definition) is 2. The number of carbonyl (C=O) groups excluding carboxylic acids is 1. The number of anilines is 1. The van der Waals surface area contributed by atoms with Crippen molar-refractivity contribution in [2.45, 2.75) is 38.1 Å². The molecule has 1 heterocycles. The molecular formula is C15H18ClNO. The summed E-state index contributed by atoms with van der Waals surface area (Å²) in [5.41, 5.74) is 1.69. The molecule has 1 aromatic carbocycles. The lowest BCUT2D eigenvalue weighted by Crippen LogP contribution is -2.35. The highest BCUT2D eigenvalue weighted by atomic mass is 35.5. The topological polar surface area (TPSA) is 20.3 Å². The van der Waals surface area contributed by atoms with Gasteiger partial charge in [0, 0.05) is 18.3 Å². The molecule has 2 unspecified atom stereocenters. The van der Waals surface area contributed by atoms with Gasteiger partial charge in [0.05, 0.1) is 10.6 Å². The molecule has 96 valence electrons. The van der Waals surface area contributed by atoms with Gasteiger partial charge in [0.2, 0.25) is 0 Å². The maximum atomic E-state index is 11.3. The molecule has 1 saturated heterocycles. The smallest absolute Gasteiger partial charge is 0.153 e. The van der Waals surface area contributed by atoms with Crippen LogP contribution in [-0.2, 0) is 0 Å². The Hall–Kier alpha value is -1.02. The zero-order chi connectivity index (χ0) is 12.5. The normalized spacial score (nSPS) is 27.1. The molecule has 0 radical (unpaired) electrons. The number of hydrogen-bond donors (Lipinski definition) is 0. The molecule has 2 atom stereocenters. The fraction of sp³-hybridized carbons (Fsp3) is 0.533. The fourth-order valence-electron chi connectivity index (χ4n) is 3.60. The number of aldehydes is 1. The van der Waals surface area contributed by atoms with Crippen molar-refractivity contribution in [3.8, 4) is 0 Å². The third-order valence-electron chi connectivity index (χ3n) is 4.47. The van der Waals surface area contributed by atoms with Crippen LogP contribution in [0.4, 0.5) is 5.69 Å². The zero-order valence-electron chi connectivity index (χ0n) is 10.4. The van der Waals surface area contributed by atoms with E-state index < -0.39 is 0 Å². The van der Waals surface area contributed by atoms with E-state index in [1.54, 1.807) is 6.07 Å². The monoisotopic (exact) mass is 263 g/mol. The van der Waals surface area contributed by atoms with Gasteiger partial charge in [-0.2, -0.15) is 0 Å². The highest BCUT2D eigenvalue weighted by molar-refractivity contribution is 6.33. The molecule has 2 aliphatic rings. The summed E-state index contributed by atoms with van der Waals surface area (Å²) in [7, 11) is 0. The highest BCUT2D eigenvalue weighted by Gasteiger charge is 2.36. The molecule has 3 heteroatoms. The van der Waals surface area contributed by atoms with E-state index in [0.717, 1.165) is 24.4 Å². The van der Waals surface area contributed by atoms with Crippen molar-refractivity contribution in [2.24, 2.45) is 5.92 Å². The van der Waals surface area contributed by atoms with Gasteiger partial charge in [-0.1, -0.05) is 30.5 Å². The second-order valence-electron chi connectivity index (χ2n) is 5.38. The van der Waals surface area contributed by atoms with E-state index in [4.69, 9.17) is 11.6 Å². The van der Waals surface area contributed by atoms with Gasteiger partial charge in [-0.05, 0) is 37.3 Å². The largest absolute Gasteiger partial charge is 0.368 e. The minimum absolute atomic E-state index is 0.571. The number of rotatable bonds is 2. The van der Waals surface area contributed by atoms with Crippen molar-refractivity contribution in [1.29, 1.82) is 0 Å². The molecule has 1 aliphatic carbocycles. The minimum Gasteiger partial charge on any atom is -0.368 e. The van der Waals surface area contributed by atoms with Crippen molar-refractivity contribution < 1.29 is 4.79 Å². The van der Waals surface area contributed by atoms with E-state index in [9.17, 15) is 4.79 Å². The van der Waals surface area contributed by atoms with Gasteiger partial charge in [-0.15, -0.1) is 0 Å². The predicted octanol–water partition coefficient (Wildman–Crippen LogP) is 3.92. The Labute approximate surface area is 113 Å². The number of halogens is 1. The van der Waals surface area contributed by atoms with E-state index in [2.05, 4.69) is 4.90 Å². The number of nitrogens with zero attached hydrogens (tertiary/aromatic N) is 1. The lowest BCUT2D eigenvalue weighted by Gasteiger charge is -2.33. The van der Waals surface area contributed by atoms with E-state index >= 15 is 0 Å². The third kappa shape index (κ3) is 1.93. The summed E-state index contributed by atoms with van der Waals surface area (Å²) in [6.07, 6.45) is 7.44. The first-order valence-electron chi connectivity index (χ1n) is 6.81. The first-order chi connectivity index (χ1) is 8.81. The Kier molecular flexibility index (Phi) is 3.29. The van der Waals surface area contributed by atoms with Crippen molar-refractivity contribution in [3.05, 3.63) is 28.8 Å². The van der Waals surface area contributed by atoms with Gasteiger partial charge >= 0.3 is 0 Å². The van der Waals surface area contributed by atoms with Crippen LogP contribution in [0.25, 0.3) is 0 Å². The first-order valence-corrected chi connectivity index (χ1v) is 7.19. The summed E-state index contributed by atoms with van der Waals surface area (Å²) in [6.45, 7) is 1.07. The standard InChI is InChI=1S/C15H18ClNO/c16-13-5-3-7-15(12(13)10-18)17-9-8-11-4-1-2-6-14(11)17/h3,5,7,10-11,14H,1-2,4,6,8-9H2. The summed E-state index contributed by atoms with van der Waals surface area (Å²) < 4.78 is 0. The average molecular weight is 264 g/mol. The lowest BCUT2D eigenvalue weighted by atomic mass is 9.85. The van der Waals surface area contributed by atoms with Crippen LogP contribution in [0.3, 0.4) is 0 Å². The van der Waals surface area contributed by atoms with Crippen LogP contribution < -0.4 is 4.90 Å². The van der Waals surface area contributed by atoms with Crippen molar-refractivity contribution >= 4 is 23.6 Å². The molecule has 1 aliphatic heterocycles.